The van der Waals surface area contributed by atoms with E-state index in [2.05, 4.69) is 15.1 Å². The molecule has 104 valence electrons. The van der Waals surface area contributed by atoms with Crippen molar-refractivity contribution in [2.75, 3.05) is 18.8 Å². The first-order chi connectivity index (χ1) is 8.53. The molecule has 1 heterocycles. The Morgan fingerprint density at radius 1 is 1.39 bits per heavy atom. The normalized spacial score (nSPS) is 11.9. The molecular weight excluding hydrogens is 252 g/mol. The number of aryl methyl sites for hydroxylation is 1. The number of hydrogen-bond donors (Lipinski definition) is 2. The van der Waals surface area contributed by atoms with E-state index in [0.29, 0.717) is 13.0 Å². The first kappa shape index (κ1) is 15.1. The van der Waals surface area contributed by atoms with Gasteiger partial charge < -0.3 is 5.32 Å². The first-order valence-corrected chi connectivity index (χ1v) is 7.84. The van der Waals surface area contributed by atoms with Crippen LogP contribution in [0.3, 0.4) is 0 Å². The molecule has 18 heavy (non-hydrogen) atoms. The number of sulfonamides is 1. The second kappa shape index (κ2) is 7.50. The van der Waals surface area contributed by atoms with Gasteiger partial charge in [-0.05, 0) is 25.9 Å². The van der Waals surface area contributed by atoms with Crippen LogP contribution >= 0.6 is 0 Å². The number of nitrogens with zero attached hydrogens (tertiary/aromatic N) is 2. The van der Waals surface area contributed by atoms with Crippen molar-refractivity contribution in [1.82, 2.24) is 19.8 Å². The van der Waals surface area contributed by atoms with Crippen LogP contribution in [0.5, 0.6) is 0 Å². The summed E-state index contributed by atoms with van der Waals surface area (Å²) in [4.78, 5) is 0. The summed E-state index contributed by atoms with van der Waals surface area (Å²) in [5.41, 5.74) is 0.869. The third-order valence-electron chi connectivity index (χ3n) is 2.52. The fourth-order valence-electron chi connectivity index (χ4n) is 1.55. The standard InChI is InChI=1S/C11H22N4O2S/c1-3-12-6-4-5-7-18(16,17)14-9-11-8-13-15(2)10-11/h8,10,12,14H,3-7,9H2,1-2H3. The third-order valence-corrected chi connectivity index (χ3v) is 3.93. The van der Waals surface area contributed by atoms with Crippen molar-refractivity contribution in [2.45, 2.75) is 26.3 Å². The summed E-state index contributed by atoms with van der Waals surface area (Å²) in [5.74, 6) is 0.179. The van der Waals surface area contributed by atoms with E-state index in [1.807, 2.05) is 6.92 Å². The molecular formula is C11H22N4O2S. The summed E-state index contributed by atoms with van der Waals surface area (Å²) in [6.45, 7) is 4.14. The maximum absolute atomic E-state index is 11.7. The summed E-state index contributed by atoms with van der Waals surface area (Å²) in [6.07, 6.45) is 5.01. The number of rotatable bonds is 9. The lowest BCUT2D eigenvalue weighted by Crippen LogP contribution is -2.26. The third kappa shape index (κ3) is 6.13. The number of hydrogen-bond acceptors (Lipinski definition) is 4. The molecule has 0 aliphatic carbocycles. The molecule has 0 spiro atoms. The van der Waals surface area contributed by atoms with Crippen molar-refractivity contribution < 1.29 is 8.42 Å². The minimum absolute atomic E-state index is 0.179. The molecule has 7 heteroatoms. The van der Waals surface area contributed by atoms with Gasteiger partial charge in [0.1, 0.15) is 0 Å². The highest BCUT2D eigenvalue weighted by atomic mass is 32.2. The topological polar surface area (TPSA) is 76.0 Å². The summed E-state index contributed by atoms with van der Waals surface area (Å²) in [5, 5.41) is 7.16. The lowest BCUT2D eigenvalue weighted by molar-refractivity contribution is 0.574. The lowest BCUT2D eigenvalue weighted by atomic mass is 10.3. The molecule has 0 unspecified atom stereocenters. The maximum atomic E-state index is 11.7. The Morgan fingerprint density at radius 2 is 2.17 bits per heavy atom. The van der Waals surface area contributed by atoms with Crippen LogP contribution in [0.1, 0.15) is 25.3 Å². The van der Waals surface area contributed by atoms with Crippen molar-refractivity contribution in [1.29, 1.82) is 0 Å². The number of nitrogens with one attached hydrogen (secondary N) is 2. The average Bonchev–Trinajstić information content (AvgIpc) is 2.73. The van der Waals surface area contributed by atoms with Gasteiger partial charge in [0.15, 0.2) is 0 Å². The molecule has 0 saturated heterocycles. The van der Waals surface area contributed by atoms with E-state index in [9.17, 15) is 8.42 Å². The molecule has 0 aliphatic rings. The largest absolute Gasteiger partial charge is 0.317 e. The highest BCUT2D eigenvalue weighted by molar-refractivity contribution is 7.89. The van der Waals surface area contributed by atoms with Crippen LogP contribution in [0, 0.1) is 0 Å². The quantitative estimate of drug-likeness (QED) is 0.632. The monoisotopic (exact) mass is 274 g/mol. The molecule has 0 amide bonds. The van der Waals surface area contributed by atoms with Gasteiger partial charge in [-0.15, -0.1) is 0 Å². The van der Waals surface area contributed by atoms with Crippen LogP contribution in [-0.2, 0) is 23.6 Å². The Kier molecular flexibility index (Phi) is 6.31. The van der Waals surface area contributed by atoms with Crippen molar-refractivity contribution in [3.05, 3.63) is 18.0 Å². The van der Waals surface area contributed by atoms with Gasteiger partial charge in [-0.2, -0.15) is 5.10 Å². The second-order valence-corrected chi connectivity index (χ2v) is 6.15. The lowest BCUT2D eigenvalue weighted by Gasteiger charge is -2.05. The summed E-state index contributed by atoms with van der Waals surface area (Å²) in [6, 6.07) is 0. The van der Waals surface area contributed by atoms with E-state index in [-0.39, 0.29) is 5.75 Å². The minimum Gasteiger partial charge on any atom is -0.317 e. The SMILES string of the molecule is CCNCCCCS(=O)(=O)NCc1cnn(C)c1. The Hall–Kier alpha value is -0.920. The van der Waals surface area contributed by atoms with Gasteiger partial charge >= 0.3 is 0 Å². The van der Waals surface area contributed by atoms with E-state index in [4.69, 9.17) is 0 Å². The molecule has 0 fully saturated rings. The Bertz CT molecular complexity index is 442. The van der Waals surface area contributed by atoms with Crippen molar-refractivity contribution in [3.8, 4) is 0 Å². The molecule has 0 aliphatic heterocycles. The summed E-state index contributed by atoms with van der Waals surface area (Å²) >= 11 is 0. The van der Waals surface area contributed by atoms with Crippen LogP contribution in [-0.4, -0.2) is 37.0 Å². The van der Waals surface area contributed by atoms with E-state index >= 15 is 0 Å². The van der Waals surface area contributed by atoms with Gasteiger partial charge in [0.05, 0.1) is 11.9 Å². The van der Waals surface area contributed by atoms with Crippen LogP contribution in [0.4, 0.5) is 0 Å². The van der Waals surface area contributed by atoms with Crippen molar-refractivity contribution >= 4 is 10.0 Å². The van der Waals surface area contributed by atoms with Crippen molar-refractivity contribution in [3.63, 3.8) is 0 Å². The zero-order chi connectivity index (χ0) is 13.4. The molecule has 0 radical (unpaired) electrons. The Balaban J connectivity index is 2.23. The second-order valence-electron chi connectivity index (χ2n) is 4.22. The molecule has 6 nitrogen and oxygen atoms in total. The molecule has 1 rings (SSSR count). The summed E-state index contributed by atoms with van der Waals surface area (Å²) in [7, 11) is -1.37. The van der Waals surface area contributed by atoms with E-state index in [0.717, 1.165) is 25.1 Å². The van der Waals surface area contributed by atoms with Gasteiger partial charge in [0.25, 0.3) is 0 Å². The molecule has 0 aromatic carbocycles. The molecule has 0 atom stereocenters. The Labute approximate surface area is 109 Å². The van der Waals surface area contributed by atoms with Crippen LogP contribution < -0.4 is 10.0 Å². The van der Waals surface area contributed by atoms with Crippen LogP contribution in [0.25, 0.3) is 0 Å². The predicted molar refractivity (Wildman–Crippen MR) is 71.6 cm³/mol. The highest BCUT2D eigenvalue weighted by Gasteiger charge is 2.09. The van der Waals surface area contributed by atoms with E-state index in [1.165, 1.54) is 0 Å². The molecule has 1 aromatic rings. The fraction of sp³-hybridized carbons (Fsp3) is 0.727. The Morgan fingerprint density at radius 3 is 2.78 bits per heavy atom. The van der Waals surface area contributed by atoms with Gasteiger partial charge in [0, 0.05) is 25.4 Å². The smallest absolute Gasteiger partial charge is 0.211 e. The zero-order valence-corrected chi connectivity index (χ0v) is 11.8. The van der Waals surface area contributed by atoms with Crippen molar-refractivity contribution in [2.24, 2.45) is 7.05 Å². The van der Waals surface area contributed by atoms with Gasteiger partial charge in [-0.3, -0.25) is 4.68 Å². The van der Waals surface area contributed by atoms with E-state index in [1.54, 1.807) is 24.1 Å². The zero-order valence-electron chi connectivity index (χ0n) is 11.0. The fourth-order valence-corrected chi connectivity index (χ4v) is 2.66. The molecule has 0 saturated carbocycles. The number of aromatic nitrogens is 2. The van der Waals surface area contributed by atoms with Crippen LogP contribution in [0.2, 0.25) is 0 Å². The van der Waals surface area contributed by atoms with E-state index < -0.39 is 10.0 Å². The van der Waals surface area contributed by atoms with Gasteiger partial charge in [-0.25, -0.2) is 13.1 Å². The molecule has 0 bridgehead atoms. The van der Waals surface area contributed by atoms with Crippen LogP contribution in [0.15, 0.2) is 12.4 Å². The molecule has 2 N–H and O–H groups in total. The van der Waals surface area contributed by atoms with Gasteiger partial charge in [0.2, 0.25) is 10.0 Å². The first-order valence-electron chi connectivity index (χ1n) is 6.19. The summed E-state index contributed by atoms with van der Waals surface area (Å²) < 4.78 is 27.6. The minimum atomic E-state index is -3.17. The molecule has 1 aromatic heterocycles. The predicted octanol–water partition coefficient (Wildman–Crippen LogP) is 0.229. The highest BCUT2D eigenvalue weighted by Crippen LogP contribution is 1.99. The average molecular weight is 274 g/mol. The maximum Gasteiger partial charge on any atom is 0.211 e. The van der Waals surface area contributed by atoms with Gasteiger partial charge in [-0.1, -0.05) is 6.92 Å². The number of unbranched alkanes of at least 4 members (excludes halogenated alkanes) is 1.